The van der Waals surface area contributed by atoms with E-state index < -0.39 is 32.7 Å². The Morgan fingerprint density at radius 1 is 1.22 bits per heavy atom. The van der Waals surface area contributed by atoms with Gasteiger partial charge in [-0.2, -0.15) is 18.8 Å². The van der Waals surface area contributed by atoms with E-state index in [9.17, 15) is 27.7 Å². The van der Waals surface area contributed by atoms with E-state index >= 15 is 0 Å². The molecule has 10 nitrogen and oxygen atoms in total. The summed E-state index contributed by atoms with van der Waals surface area (Å²) in [5.41, 5.74) is 1.89. The van der Waals surface area contributed by atoms with E-state index in [1.807, 2.05) is 24.6 Å². The highest BCUT2D eigenvalue weighted by Crippen LogP contribution is 2.32. The van der Waals surface area contributed by atoms with Gasteiger partial charge in [-0.25, -0.2) is 14.1 Å². The predicted octanol–water partition coefficient (Wildman–Crippen LogP) is 2.37. The Morgan fingerprint density at radius 2 is 1.92 bits per heavy atom. The molecule has 12 heteroatoms. The van der Waals surface area contributed by atoms with Crippen LogP contribution in [0.1, 0.15) is 47.1 Å². The highest BCUT2D eigenvalue weighted by atomic mass is 32.2. The van der Waals surface area contributed by atoms with Crippen molar-refractivity contribution in [3.8, 4) is 17.2 Å². The SMILES string of the molecule is CC(C)c1cc(F)cc(-c2ccnc(C#N)c2)c1CC(=O)NS(=O)(=O)c1cc(C(=O)N(C)C)n(C)n1. The second-order valence-electron chi connectivity index (χ2n) is 8.61. The Hall–Kier alpha value is -4.11. The van der Waals surface area contributed by atoms with Crippen LogP contribution < -0.4 is 4.72 Å². The monoisotopic (exact) mass is 512 g/mol. The van der Waals surface area contributed by atoms with Crippen molar-refractivity contribution in [2.75, 3.05) is 14.1 Å². The van der Waals surface area contributed by atoms with Crippen LogP contribution in [0.2, 0.25) is 0 Å². The fourth-order valence-corrected chi connectivity index (χ4v) is 4.66. The van der Waals surface area contributed by atoms with Gasteiger partial charge in [0.25, 0.3) is 15.9 Å². The van der Waals surface area contributed by atoms with Crippen molar-refractivity contribution in [1.29, 1.82) is 5.26 Å². The molecule has 3 rings (SSSR count). The summed E-state index contributed by atoms with van der Waals surface area (Å²) in [6, 6.07) is 8.58. The van der Waals surface area contributed by atoms with Gasteiger partial charge in [0.05, 0.1) is 6.42 Å². The fraction of sp³-hybridized carbons (Fsp3) is 0.292. The van der Waals surface area contributed by atoms with Gasteiger partial charge in [0.2, 0.25) is 5.91 Å². The average molecular weight is 513 g/mol. The lowest BCUT2D eigenvalue weighted by atomic mass is 9.88. The van der Waals surface area contributed by atoms with Crippen LogP contribution in [-0.2, 0) is 28.3 Å². The van der Waals surface area contributed by atoms with E-state index in [2.05, 4.69) is 10.1 Å². The molecule has 3 aromatic rings. The second kappa shape index (κ2) is 10.2. The lowest BCUT2D eigenvalue weighted by Gasteiger charge is -2.18. The molecule has 1 aromatic carbocycles. The zero-order valence-corrected chi connectivity index (χ0v) is 21.2. The normalized spacial score (nSPS) is 11.3. The van der Waals surface area contributed by atoms with Crippen LogP contribution in [0.5, 0.6) is 0 Å². The maximum absolute atomic E-state index is 14.5. The first-order chi connectivity index (χ1) is 16.8. The van der Waals surface area contributed by atoms with Crippen LogP contribution in [0, 0.1) is 17.1 Å². The molecule has 1 N–H and O–H groups in total. The number of hydrogen-bond acceptors (Lipinski definition) is 7. The van der Waals surface area contributed by atoms with Crippen LogP contribution in [0.25, 0.3) is 11.1 Å². The molecule has 0 atom stereocenters. The number of nitrogens with one attached hydrogen (secondary N) is 1. The molecule has 0 unspecified atom stereocenters. The molecule has 36 heavy (non-hydrogen) atoms. The Balaban J connectivity index is 1.99. The van der Waals surface area contributed by atoms with Gasteiger partial charge in [-0.15, -0.1) is 0 Å². The van der Waals surface area contributed by atoms with Crippen molar-refractivity contribution in [1.82, 2.24) is 24.4 Å². The summed E-state index contributed by atoms with van der Waals surface area (Å²) in [4.78, 5) is 30.4. The molecule has 2 heterocycles. The number of benzene rings is 1. The van der Waals surface area contributed by atoms with E-state index in [1.165, 1.54) is 50.4 Å². The number of amides is 2. The van der Waals surface area contributed by atoms with E-state index in [-0.39, 0.29) is 23.7 Å². The summed E-state index contributed by atoms with van der Waals surface area (Å²) < 4.78 is 43.3. The third-order valence-corrected chi connectivity index (χ3v) is 6.65. The number of halogens is 1. The minimum Gasteiger partial charge on any atom is -0.343 e. The highest BCUT2D eigenvalue weighted by molar-refractivity contribution is 7.90. The van der Waals surface area contributed by atoms with Crippen molar-refractivity contribution in [3.63, 3.8) is 0 Å². The smallest absolute Gasteiger partial charge is 0.283 e. The summed E-state index contributed by atoms with van der Waals surface area (Å²) >= 11 is 0. The van der Waals surface area contributed by atoms with Gasteiger partial charge in [0.1, 0.15) is 23.3 Å². The lowest BCUT2D eigenvalue weighted by molar-refractivity contribution is -0.118. The molecule has 0 spiro atoms. The van der Waals surface area contributed by atoms with E-state index in [4.69, 9.17) is 0 Å². The number of carbonyl (C=O) groups is 2. The summed E-state index contributed by atoms with van der Waals surface area (Å²) in [5.74, 6) is -2.05. The number of aryl methyl sites for hydroxylation is 1. The van der Waals surface area contributed by atoms with Crippen LogP contribution in [-0.4, -0.2) is 54.0 Å². The Bertz CT molecular complexity index is 1490. The number of aromatic nitrogens is 3. The van der Waals surface area contributed by atoms with E-state index in [1.54, 1.807) is 6.07 Å². The van der Waals surface area contributed by atoms with Gasteiger partial charge in [0.15, 0.2) is 5.03 Å². The van der Waals surface area contributed by atoms with Crippen molar-refractivity contribution in [2.24, 2.45) is 7.05 Å². The quantitative estimate of drug-likeness (QED) is 0.513. The first kappa shape index (κ1) is 26.5. The van der Waals surface area contributed by atoms with E-state index in [0.717, 1.165) is 10.7 Å². The van der Waals surface area contributed by atoms with Crippen molar-refractivity contribution >= 4 is 21.8 Å². The Kier molecular flexibility index (Phi) is 7.54. The van der Waals surface area contributed by atoms with Gasteiger partial charge >= 0.3 is 0 Å². The lowest BCUT2D eigenvalue weighted by Crippen LogP contribution is -2.32. The van der Waals surface area contributed by atoms with Gasteiger partial charge in [-0.1, -0.05) is 13.8 Å². The molecule has 2 amide bonds. The molecule has 188 valence electrons. The van der Waals surface area contributed by atoms with Crippen LogP contribution in [0.4, 0.5) is 4.39 Å². The summed E-state index contributed by atoms with van der Waals surface area (Å²) in [5, 5.41) is 12.6. The zero-order chi connectivity index (χ0) is 26.8. The standard InChI is InChI=1S/C24H25FN6O4S/c1-14(2)18-9-16(25)10-19(15-6-7-27-17(8-15)13-26)20(18)11-22(32)29-36(34,35)23-12-21(31(5)28-23)24(33)30(3)4/h6-10,12,14H,11H2,1-5H3,(H,29,32). The first-order valence-electron chi connectivity index (χ1n) is 10.8. The minimum absolute atomic E-state index is 0.0294. The van der Waals surface area contributed by atoms with Crippen molar-refractivity contribution in [2.45, 2.75) is 31.2 Å². The molecule has 0 radical (unpaired) electrons. The number of nitriles is 1. The van der Waals surface area contributed by atoms with Crippen molar-refractivity contribution < 1.29 is 22.4 Å². The average Bonchev–Trinajstić information content (AvgIpc) is 3.21. The number of carbonyl (C=O) groups excluding carboxylic acids is 2. The maximum atomic E-state index is 14.5. The van der Waals surface area contributed by atoms with Gasteiger partial charge < -0.3 is 4.90 Å². The maximum Gasteiger partial charge on any atom is 0.283 e. The molecular weight excluding hydrogens is 487 g/mol. The summed E-state index contributed by atoms with van der Waals surface area (Å²) in [7, 11) is 0.0471. The number of sulfonamides is 1. The molecule has 0 saturated carbocycles. The number of pyridine rings is 1. The summed E-state index contributed by atoms with van der Waals surface area (Å²) in [6.07, 6.45) is 1.01. The molecule has 0 aliphatic rings. The Morgan fingerprint density at radius 3 is 2.53 bits per heavy atom. The predicted molar refractivity (Wildman–Crippen MR) is 129 cm³/mol. The second-order valence-corrected chi connectivity index (χ2v) is 10.2. The van der Waals surface area contributed by atoms with Gasteiger partial charge in [-0.05, 0) is 52.4 Å². The summed E-state index contributed by atoms with van der Waals surface area (Å²) in [6.45, 7) is 3.64. The number of nitrogens with zero attached hydrogens (tertiary/aromatic N) is 5. The molecular formula is C24H25FN6O4S. The highest BCUT2D eigenvalue weighted by Gasteiger charge is 2.26. The molecule has 0 aliphatic heterocycles. The minimum atomic E-state index is -4.40. The third-order valence-electron chi connectivity index (χ3n) is 5.40. The topological polar surface area (TPSA) is 138 Å². The zero-order valence-electron chi connectivity index (χ0n) is 20.4. The molecule has 0 saturated heterocycles. The molecule has 0 fully saturated rings. The molecule has 2 aromatic heterocycles. The fourth-order valence-electron chi connectivity index (χ4n) is 3.69. The first-order valence-corrected chi connectivity index (χ1v) is 12.3. The Labute approximate surface area is 208 Å². The van der Waals surface area contributed by atoms with Crippen LogP contribution in [0.3, 0.4) is 0 Å². The van der Waals surface area contributed by atoms with Crippen LogP contribution >= 0.6 is 0 Å². The molecule has 0 bridgehead atoms. The van der Waals surface area contributed by atoms with Gasteiger partial charge in [0, 0.05) is 33.4 Å². The van der Waals surface area contributed by atoms with Gasteiger partial charge in [-0.3, -0.25) is 14.3 Å². The largest absolute Gasteiger partial charge is 0.343 e. The van der Waals surface area contributed by atoms with E-state index in [0.29, 0.717) is 22.3 Å². The number of rotatable bonds is 7. The molecule has 0 aliphatic carbocycles. The van der Waals surface area contributed by atoms with Crippen LogP contribution in [0.15, 0.2) is 41.6 Å². The van der Waals surface area contributed by atoms with Crippen molar-refractivity contribution in [3.05, 3.63) is 64.9 Å². The third kappa shape index (κ3) is 5.58. The number of hydrogen-bond donors (Lipinski definition) is 1.